The second kappa shape index (κ2) is 12.3. The van der Waals surface area contributed by atoms with Gasteiger partial charge in [-0.3, -0.25) is 4.79 Å². The van der Waals surface area contributed by atoms with E-state index in [4.69, 9.17) is 4.74 Å². The van der Waals surface area contributed by atoms with Gasteiger partial charge in [0.05, 0.1) is 53.6 Å². The molecule has 10 nitrogen and oxygen atoms in total. The van der Waals surface area contributed by atoms with Crippen LogP contribution in [0.2, 0.25) is 0 Å². The number of carbonyl (C=O) groups is 1. The number of amides is 1. The molecule has 222 valence electrons. The van der Waals surface area contributed by atoms with Crippen molar-refractivity contribution in [3.8, 4) is 23.7 Å². The highest BCUT2D eigenvalue weighted by atomic mass is 32.2. The number of nitriles is 1. The van der Waals surface area contributed by atoms with Crippen LogP contribution < -0.4 is 15.4 Å². The highest BCUT2D eigenvalue weighted by Crippen LogP contribution is 2.28. The molecule has 1 amide bonds. The summed E-state index contributed by atoms with van der Waals surface area (Å²) in [7, 11) is -0.150. The summed E-state index contributed by atoms with van der Waals surface area (Å²) < 4.78 is 69.6. The fraction of sp³-hybridized carbons (Fsp3) is 0.393. The van der Waals surface area contributed by atoms with Gasteiger partial charge in [-0.25, -0.2) is 13.4 Å². The van der Waals surface area contributed by atoms with Gasteiger partial charge in [0.1, 0.15) is 17.8 Å². The number of hydrogen-bond acceptors (Lipinski definition) is 8. The molecule has 2 N–H and O–H groups in total. The number of benzene rings is 2. The molecule has 0 radical (unpaired) electrons. The van der Waals surface area contributed by atoms with Gasteiger partial charge in [-0.2, -0.15) is 18.4 Å². The fourth-order valence-corrected chi connectivity index (χ4v) is 5.36. The third-order valence-electron chi connectivity index (χ3n) is 6.82. The van der Waals surface area contributed by atoms with E-state index in [1.54, 1.807) is 6.07 Å². The van der Waals surface area contributed by atoms with E-state index in [0.717, 1.165) is 17.2 Å². The first-order chi connectivity index (χ1) is 19.8. The van der Waals surface area contributed by atoms with Crippen LogP contribution in [0, 0.1) is 29.1 Å². The van der Waals surface area contributed by atoms with Gasteiger partial charge in [-0.15, -0.1) is 0 Å². The molecule has 0 aliphatic carbocycles. The molecule has 0 saturated carbocycles. The number of sulfone groups is 1. The maximum Gasteiger partial charge on any atom is 0.406 e. The van der Waals surface area contributed by atoms with Crippen molar-refractivity contribution in [1.29, 1.82) is 5.26 Å². The van der Waals surface area contributed by atoms with Gasteiger partial charge in [0, 0.05) is 30.5 Å². The van der Waals surface area contributed by atoms with Crippen LogP contribution in [0.1, 0.15) is 22.3 Å². The second-order valence-corrected chi connectivity index (χ2v) is 12.1. The van der Waals surface area contributed by atoms with E-state index in [0.29, 0.717) is 30.9 Å². The van der Waals surface area contributed by atoms with Crippen LogP contribution in [-0.4, -0.2) is 81.0 Å². The summed E-state index contributed by atoms with van der Waals surface area (Å²) in [6.07, 6.45) is -1.84. The number of anilines is 1. The highest BCUT2D eigenvalue weighted by molar-refractivity contribution is 7.90. The van der Waals surface area contributed by atoms with Crippen LogP contribution in [0.3, 0.4) is 0 Å². The standard InChI is InChI=1S/C28H29F3N6O4S/c1-36-10-8-22(19(14-32)15-36)35-27(38)21-11-18(12-24-26(21)34-17-37(24)16-28(29,30)31)5-4-9-33-23-7-6-20(42(3,39)40)13-25(23)41-2/h6-7,11-13,17,19,22,33H,8-10,15-16H2,1-3H3,(H,35,38)/t19-,22+/m1/s1. The normalized spacial score (nSPS) is 17.6. The first-order valence-electron chi connectivity index (χ1n) is 12.8. The number of ether oxygens (including phenoxy) is 1. The number of alkyl halides is 3. The predicted octanol–water partition coefficient (Wildman–Crippen LogP) is 3.05. The predicted molar refractivity (Wildman–Crippen MR) is 150 cm³/mol. The van der Waals surface area contributed by atoms with E-state index in [1.807, 2.05) is 11.9 Å². The summed E-state index contributed by atoms with van der Waals surface area (Å²) in [5.41, 5.74) is 1.02. The molecule has 0 spiro atoms. The average molecular weight is 603 g/mol. The molecule has 2 aromatic carbocycles. The second-order valence-electron chi connectivity index (χ2n) is 10.0. The molecule has 42 heavy (non-hydrogen) atoms. The molecular weight excluding hydrogens is 573 g/mol. The van der Waals surface area contributed by atoms with Crippen molar-refractivity contribution in [2.75, 3.05) is 45.4 Å². The Morgan fingerprint density at radius 3 is 2.69 bits per heavy atom. The SMILES string of the molecule is COc1cc(S(C)(=O)=O)ccc1NCC#Cc1cc(C(=O)N[C@H]2CCN(C)C[C@H]2C#N)c2ncn(CC(F)(F)F)c2c1. The highest BCUT2D eigenvalue weighted by Gasteiger charge is 2.31. The Balaban J connectivity index is 1.62. The number of carbonyl (C=O) groups excluding carboxylic acids is 1. The van der Waals surface area contributed by atoms with Crippen LogP contribution in [0.4, 0.5) is 18.9 Å². The number of piperidine rings is 1. The van der Waals surface area contributed by atoms with Gasteiger partial charge >= 0.3 is 6.18 Å². The smallest absolute Gasteiger partial charge is 0.406 e. The third kappa shape index (κ3) is 7.32. The maximum absolute atomic E-state index is 13.4. The number of hydrogen-bond donors (Lipinski definition) is 2. The molecule has 3 aromatic rings. The van der Waals surface area contributed by atoms with Crippen molar-refractivity contribution in [3.05, 3.63) is 47.8 Å². The summed E-state index contributed by atoms with van der Waals surface area (Å²) in [4.78, 5) is 19.6. The zero-order valence-corrected chi connectivity index (χ0v) is 23.9. The lowest BCUT2D eigenvalue weighted by Gasteiger charge is -2.33. The molecule has 1 saturated heterocycles. The minimum Gasteiger partial charge on any atom is -0.495 e. The van der Waals surface area contributed by atoms with Crippen LogP contribution in [0.25, 0.3) is 11.0 Å². The monoisotopic (exact) mass is 602 g/mol. The van der Waals surface area contributed by atoms with E-state index >= 15 is 0 Å². The zero-order valence-electron chi connectivity index (χ0n) is 23.1. The summed E-state index contributed by atoms with van der Waals surface area (Å²) in [6.45, 7) is -0.0521. The van der Waals surface area contributed by atoms with E-state index < -0.39 is 40.4 Å². The third-order valence-corrected chi connectivity index (χ3v) is 7.93. The fourth-order valence-electron chi connectivity index (χ4n) is 4.73. The lowest BCUT2D eigenvalue weighted by molar-refractivity contribution is -0.139. The van der Waals surface area contributed by atoms with E-state index in [9.17, 15) is 31.6 Å². The first kappa shape index (κ1) is 30.7. The van der Waals surface area contributed by atoms with Crippen molar-refractivity contribution in [2.45, 2.75) is 30.1 Å². The van der Waals surface area contributed by atoms with E-state index in [1.165, 1.54) is 31.4 Å². The summed E-state index contributed by atoms with van der Waals surface area (Å²) in [5, 5.41) is 15.5. The molecule has 1 fully saturated rings. The van der Waals surface area contributed by atoms with Crippen molar-refractivity contribution in [3.63, 3.8) is 0 Å². The molecule has 1 aliphatic rings. The van der Waals surface area contributed by atoms with Crippen molar-refractivity contribution < 1.29 is 31.1 Å². The van der Waals surface area contributed by atoms with E-state index in [-0.39, 0.29) is 33.6 Å². The van der Waals surface area contributed by atoms with Crippen LogP contribution >= 0.6 is 0 Å². The molecule has 4 rings (SSSR count). The minimum atomic E-state index is -4.51. The Bertz CT molecular complexity index is 1700. The maximum atomic E-state index is 13.4. The number of aromatic nitrogens is 2. The number of rotatable bonds is 7. The first-order valence-corrected chi connectivity index (χ1v) is 14.7. The van der Waals surface area contributed by atoms with Crippen LogP contribution in [0.5, 0.6) is 5.75 Å². The Morgan fingerprint density at radius 2 is 2.02 bits per heavy atom. The Kier molecular flexibility index (Phi) is 8.99. The summed E-state index contributed by atoms with van der Waals surface area (Å²) in [5.74, 6) is 5.05. The number of nitrogens with zero attached hydrogens (tertiary/aromatic N) is 4. The van der Waals surface area contributed by atoms with Crippen LogP contribution in [-0.2, 0) is 16.4 Å². The largest absolute Gasteiger partial charge is 0.495 e. The molecule has 2 heterocycles. The lowest BCUT2D eigenvalue weighted by Crippen LogP contribution is -2.49. The van der Waals surface area contributed by atoms with Gasteiger partial charge in [0.25, 0.3) is 5.91 Å². The van der Waals surface area contributed by atoms with Crippen molar-refractivity contribution >= 4 is 32.5 Å². The zero-order chi connectivity index (χ0) is 30.7. The molecule has 14 heteroatoms. The Morgan fingerprint density at radius 1 is 1.26 bits per heavy atom. The Labute approximate surface area is 241 Å². The van der Waals surface area contributed by atoms with Gasteiger partial charge in [-0.05, 0) is 44.3 Å². The number of fused-ring (bicyclic) bond motifs is 1. The molecule has 1 aliphatic heterocycles. The topological polar surface area (TPSA) is 129 Å². The number of methoxy groups -OCH3 is 1. The van der Waals surface area contributed by atoms with Crippen molar-refractivity contribution in [1.82, 2.24) is 19.8 Å². The van der Waals surface area contributed by atoms with Gasteiger partial charge in [0.2, 0.25) is 0 Å². The minimum absolute atomic E-state index is 0.0549. The van der Waals surface area contributed by atoms with Gasteiger partial charge in [-0.1, -0.05) is 11.8 Å². The molecule has 2 atom stereocenters. The van der Waals surface area contributed by atoms with Crippen molar-refractivity contribution in [2.24, 2.45) is 5.92 Å². The summed E-state index contributed by atoms with van der Waals surface area (Å²) >= 11 is 0. The van der Waals surface area contributed by atoms with Crippen LogP contribution in [0.15, 0.2) is 41.6 Å². The average Bonchev–Trinajstić information content (AvgIpc) is 3.31. The lowest BCUT2D eigenvalue weighted by atomic mass is 9.93. The summed E-state index contributed by atoms with van der Waals surface area (Å²) in [6, 6.07) is 9.05. The molecule has 0 bridgehead atoms. The quantitative estimate of drug-likeness (QED) is 0.395. The number of imidazole rings is 1. The number of nitrogens with one attached hydrogen (secondary N) is 2. The molecule has 0 unspecified atom stereocenters. The number of halogens is 3. The van der Waals surface area contributed by atoms with Gasteiger partial charge in [0.15, 0.2) is 9.84 Å². The van der Waals surface area contributed by atoms with Gasteiger partial charge < -0.3 is 24.8 Å². The Hall–Kier alpha value is -4.27. The molecule has 1 aromatic heterocycles. The van der Waals surface area contributed by atoms with E-state index in [2.05, 4.69) is 33.5 Å². The number of likely N-dealkylation sites (tertiary alicyclic amines) is 1. The molecular formula is C28H29F3N6O4S.